The molecule has 1 N–H and O–H groups in total. The van der Waals surface area contributed by atoms with E-state index in [4.69, 9.17) is 4.74 Å². The van der Waals surface area contributed by atoms with E-state index in [0.29, 0.717) is 30.7 Å². The largest absolute Gasteiger partial charge is 0.478 e. The molecule has 0 bridgehead atoms. The molecule has 2 atom stereocenters. The summed E-state index contributed by atoms with van der Waals surface area (Å²) >= 11 is 1.85. The van der Waals surface area contributed by atoms with Crippen molar-refractivity contribution in [3.05, 3.63) is 29.3 Å². The highest BCUT2D eigenvalue weighted by molar-refractivity contribution is 7.99. The molecule has 0 radical (unpaired) electrons. The molecule has 1 amide bonds. The van der Waals surface area contributed by atoms with Gasteiger partial charge in [0.2, 0.25) is 11.8 Å². The van der Waals surface area contributed by atoms with Crippen molar-refractivity contribution in [2.75, 3.05) is 24.8 Å². The van der Waals surface area contributed by atoms with Crippen LogP contribution in [0.5, 0.6) is 5.88 Å². The molecular weight excluding hydrogens is 484 g/mol. The third-order valence-corrected chi connectivity index (χ3v) is 7.82. The maximum atomic E-state index is 14.8. The average molecular weight is 515 g/mol. The molecular formula is C24H30F4N4O2S. The number of thioether (sulfide) groups is 1. The molecule has 3 heterocycles. The van der Waals surface area contributed by atoms with Gasteiger partial charge in [-0.2, -0.15) is 16.9 Å². The molecule has 1 aliphatic heterocycles. The summed E-state index contributed by atoms with van der Waals surface area (Å²) in [4.78, 5) is 17.0. The van der Waals surface area contributed by atoms with Crippen LogP contribution in [0.1, 0.15) is 50.4 Å². The molecule has 6 nitrogen and oxygen atoms in total. The Hall–Kier alpha value is -2.30. The zero-order valence-corrected chi connectivity index (χ0v) is 20.6. The van der Waals surface area contributed by atoms with E-state index in [0.717, 1.165) is 35.2 Å². The lowest BCUT2D eigenvalue weighted by Crippen LogP contribution is -2.51. The molecule has 0 saturated carbocycles. The number of amides is 1. The van der Waals surface area contributed by atoms with Crippen molar-refractivity contribution < 1.29 is 27.1 Å². The van der Waals surface area contributed by atoms with E-state index in [2.05, 4.69) is 15.4 Å². The van der Waals surface area contributed by atoms with Gasteiger partial charge >= 0.3 is 0 Å². The number of fused-ring (bicyclic) bond motifs is 1. The van der Waals surface area contributed by atoms with Gasteiger partial charge in [-0.05, 0) is 51.0 Å². The number of ether oxygens (including phenoxy) is 1. The molecule has 35 heavy (non-hydrogen) atoms. The van der Waals surface area contributed by atoms with Gasteiger partial charge in [0.25, 0.3) is 6.43 Å². The van der Waals surface area contributed by atoms with Crippen molar-refractivity contribution in [3.8, 4) is 17.1 Å². The van der Waals surface area contributed by atoms with Crippen LogP contribution >= 0.6 is 11.8 Å². The van der Waals surface area contributed by atoms with Crippen LogP contribution in [-0.4, -0.2) is 57.4 Å². The van der Waals surface area contributed by atoms with Gasteiger partial charge in [0, 0.05) is 40.8 Å². The van der Waals surface area contributed by atoms with E-state index in [1.807, 2.05) is 18.7 Å². The fraction of sp³-hybridized carbons (Fsp3) is 0.625. The minimum atomic E-state index is -3.01. The van der Waals surface area contributed by atoms with E-state index in [1.165, 1.54) is 6.07 Å². The van der Waals surface area contributed by atoms with E-state index < -0.39 is 30.9 Å². The van der Waals surface area contributed by atoms with Gasteiger partial charge in [0.1, 0.15) is 12.7 Å². The maximum Gasteiger partial charge on any atom is 0.263 e. The number of carbonyl (C=O) groups excluding carboxylic acids is 1. The highest BCUT2D eigenvalue weighted by atomic mass is 32.2. The molecule has 2 unspecified atom stereocenters. The predicted molar refractivity (Wildman–Crippen MR) is 126 cm³/mol. The summed E-state index contributed by atoms with van der Waals surface area (Å²) in [6.45, 7) is 2.77. The van der Waals surface area contributed by atoms with Gasteiger partial charge in [-0.1, -0.05) is 0 Å². The first-order valence-electron chi connectivity index (χ1n) is 11.9. The SMILES string of the molecule is CCOc1cc(-c2nn(C(CF)C(F)F)c3c2CCC(C(=O)NC2(C)CCSCC2)C3)c(F)cn1. The van der Waals surface area contributed by atoms with Gasteiger partial charge in [-0.25, -0.2) is 22.5 Å². The van der Waals surface area contributed by atoms with Crippen molar-refractivity contribution in [2.24, 2.45) is 5.92 Å². The van der Waals surface area contributed by atoms with Crippen LogP contribution in [0.15, 0.2) is 12.3 Å². The van der Waals surface area contributed by atoms with Crippen molar-refractivity contribution in [3.63, 3.8) is 0 Å². The topological polar surface area (TPSA) is 69.0 Å². The number of pyridine rings is 1. The molecule has 192 valence electrons. The Balaban J connectivity index is 1.69. The lowest BCUT2D eigenvalue weighted by Gasteiger charge is -2.36. The standard InChI is InChI=1S/C24H30F4N4O2S/c1-3-34-20-11-16(17(26)13-29-20)21-15-5-4-14(23(33)30-24(2)6-8-35-9-7-24)10-18(15)32(31-21)19(12-25)22(27)28/h11,13-14,19,22H,3-10,12H2,1-2H3,(H,30,33). The molecule has 1 saturated heterocycles. The Morgan fingerprint density at radius 1 is 1.37 bits per heavy atom. The number of hydrogen-bond donors (Lipinski definition) is 1. The van der Waals surface area contributed by atoms with Crippen LogP contribution in [0, 0.1) is 11.7 Å². The maximum absolute atomic E-state index is 14.8. The highest BCUT2D eigenvalue weighted by Crippen LogP contribution is 2.38. The van der Waals surface area contributed by atoms with Gasteiger partial charge in [0.05, 0.1) is 18.5 Å². The quantitative estimate of drug-likeness (QED) is 0.515. The number of nitrogens with one attached hydrogen (secondary N) is 1. The summed E-state index contributed by atoms with van der Waals surface area (Å²) in [6, 6.07) is -0.442. The van der Waals surface area contributed by atoms with Crippen LogP contribution in [-0.2, 0) is 17.6 Å². The summed E-state index contributed by atoms with van der Waals surface area (Å²) in [5.41, 5.74) is 0.832. The van der Waals surface area contributed by atoms with Crippen molar-refractivity contribution >= 4 is 17.7 Å². The highest BCUT2D eigenvalue weighted by Gasteiger charge is 2.37. The van der Waals surface area contributed by atoms with Gasteiger partial charge in [0.15, 0.2) is 5.82 Å². The molecule has 0 spiro atoms. The number of rotatable bonds is 8. The van der Waals surface area contributed by atoms with E-state index in [-0.39, 0.29) is 35.0 Å². The van der Waals surface area contributed by atoms with Crippen LogP contribution in [0.2, 0.25) is 0 Å². The summed E-state index contributed by atoms with van der Waals surface area (Å²) in [6.07, 6.45) is 0.642. The fourth-order valence-electron chi connectivity index (χ4n) is 4.77. The number of nitrogens with zero attached hydrogens (tertiary/aromatic N) is 3. The molecule has 4 rings (SSSR count). The zero-order valence-electron chi connectivity index (χ0n) is 19.8. The molecule has 1 aliphatic carbocycles. The van der Waals surface area contributed by atoms with Crippen LogP contribution < -0.4 is 10.1 Å². The Morgan fingerprint density at radius 2 is 2.11 bits per heavy atom. The van der Waals surface area contributed by atoms with Crippen LogP contribution in [0.3, 0.4) is 0 Å². The molecule has 1 fully saturated rings. The Labute approximate surface area is 206 Å². The molecule has 2 aromatic heterocycles. The first-order valence-corrected chi connectivity index (χ1v) is 13.0. The van der Waals surface area contributed by atoms with Gasteiger partial charge < -0.3 is 10.1 Å². The fourth-order valence-corrected chi connectivity index (χ4v) is 6.16. The van der Waals surface area contributed by atoms with Crippen molar-refractivity contribution in [2.45, 2.75) is 64.0 Å². The van der Waals surface area contributed by atoms with Crippen molar-refractivity contribution in [1.82, 2.24) is 20.1 Å². The Kier molecular flexibility index (Phi) is 7.92. The number of carbonyl (C=O) groups is 1. The Morgan fingerprint density at radius 3 is 2.77 bits per heavy atom. The predicted octanol–water partition coefficient (Wildman–Crippen LogP) is 4.77. The number of alkyl halides is 3. The summed E-state index contributed by atoms with van der Waals surface area (Å²) in [7, 11) is 0. The summed E-state index contributed by atoms with van der Waals surface area (Å²) in [5, 5.41) is 7.44. The minimum absolute atomic E-state index is 0.0560. The van der Waals surface area contributed by atoms with E-state index >= 15 is 0 Å². The number of aromatic nitrogens is 3. The van der Waals surface area contributed by atoms with E-state index in [1.54, 1.807) is 6.92 Å². The third kappa shape index (κ3) is 5.44. The average Bonchev–Trinajstić information content (AvgIpc) is 3.19. The van der Waals surface area contributed by atoms with Crippen molar-refractivity contribution in [1.29, 1.82) is 0 Å². The van der Waals surface area contributed by atoms with Gasteiger partial charge in [-0.15, -0.1) is 0 Å². The van der Waals surface area contributed by atoms with Crippen LogP contribution in [0.4, 0.5) is 17.6 Å². The number of hydrogen-bond acceptors (Lipinski definition) is 5. The first-order chi connectivity index (χ1) is 16.8. The smallest absolute Gasteiger partial charge is 0.263 e. The normalized spacial score (nSPS) is 20.4. The third-order valence-electron chi connectivity index (χ3n) is 6.83. The molecule has 0 aromatic carbocycles. The second-order valence-electron chi connectivity index (χ2n) is 9.31. The number of halogens is 4. The zero-order chi connectivity index (χ0) is 25.2. The molecule has 2 aromatic rings. The Bertz CT molecular complexity index is 1060. The molecule has 2 aliphatic rings. The minimum Gasteiger partial charge on any atom is -0.478 e. The molecule has 11 heteroatoms. The van der Waals surface area contributed by atoms with E-state index in [9.17, 15) is 22.4 Å². The summed E-state index contributed by atoms with van der Waals surface area (Å²) < 4.78 is 62.3. The second-order valence-corrected chi connectivity index (χ2v) is 10.5. The van der Waals surface area contributed by atoms with Gasteiger partial charge in [-0.3, -0.25) is 9.48 Å². The second kappa shape index (κ2) is 10.8. The lowest BCUT2D eigenvalue weighted by atomic mass is 9.84. The summed E-state index contributed by atoms with van der Waals surface area (Å²) in [5.74, 6) is 0.830. The first kappa shape index (κ1) is 25.8. The lowest BCUT2D eigenvalue weighted by molar-refractivity contribution is -0.127. The van der Waals surface area contributed by atoms with Crippen LogP contribution in [0.25, 0.3) is 11.3 Å². The monoisotopic (exact) mass is 514 g/mol.